The Morgan fingerprint density at radius 1 is 1.38 bits per heavy atom. The molecule has 0 spiro atoms. The van der Waals surface area contributed by atoms with E-state index in [0.717, 1.165) is 21.4 Å². The van der Waals surface area contributed by atoms with Crippen LogP contribution >= 0.6 is 27.7 Å². The summed E-state index contributed by atoms with van der Waals surface area (Å²) in [6, 6.07) is 5.88. The van der Waals surface area contributed by atoms with Crippen molar-refractivity contribution < 1.29 is 10.2 Å². The minimum absolute atomic E-state index is 0.201. The number of halogens is 1. The van der Waals surface area contributed by atoms with Gasteiger partial charge in [0.2, 0.25) is 0 Å². The summed E-state index contributed by atoms with van der Waals surface area (Å²) in [6.07, 6.45) is 0.299. The summed E-state index contributed by atoms with van der Waals surface area (Å²) in [5, 5.41) is 18.9. The van der Waals surface area contributed by atoms with E-state index in [1.807, 2.05) is 18.2 Å². The summed E-state index contributed by atoms with van der Waals surface area (Å²) in [4.78, 5) is 1.07. The van der Waals surface area contributed by atoms with E-state index in [-0.39, 0.29) is 6.61 Å². The summed E-state index contributed by atoms with van der Waals surface area (Å²) in [6.45, 7) is 4.05. The van der Waals surface area contributed by atoms with Gasteiger partial charge in [-0.2, -0.15) is 0 Å². The lowest BCUT2D eigenvalue weighted by molar-refractivity contribution is 0.196. The van der Waals surface area contributed by atoms with Crippen LogP contribution in [0.15, 0.2) is 27.6 Å². The fourth-order valence-electron chi connectivity index (χ4n) is 1.41. The van der Waals surface area contributed by atoms with Crippen molar-refractivity contribution in [2.24, 2.45) is 0 Å². The molecule has 0 amide bonds. The first-order valence-electron chi connectivity index (χ1n) is 5.29. The zero-order valence-corrected chi connectivity index (χ0v) is 11.9. The highest BCUT2D eigenvalue weighted by Gasteiger charge is 2.12. The van der Waals surface area contributed by atoms with Gasteiger partial charge in [-0.25, -0.2) is 0 Å². The van der Waals surface area contributed by atoms with Crippen molar-refractivity contribution in [2.75, 3.05) is 6.61 Å². The fraction of sp³-hybridized carbons (Fsp3) is 0.500. The predicted octanol–water partition coefficient (Wildman–Crippen LogP) is 3.37. The molecule has 0 fully saturated rings. The van der Waals surface area contributed by atoms with Crippen LogP contribution in [0.5, 0.6) is 0 Å². The lowest BCUT2D eigenvalue weighted by atomic mass is 10.1. The number of aliphatic hydroxyl groups is 2. The summed E-state index contributed by atoms with van der Waals surface area (Å²) in [5.74, 6) is 0. The van der Waals surface area contributed by atoms with Crippen LogP contribution < -0.4 is 0 Å². The van der Waals surface area contributed by atoms with Gasteiger partial charge in [0.05, 0.1) is 6.10 Å². The van der Waals surface area contributed by atoms with E-state index < -0.39 is 6.10 Å². The summed E-state index contributed by atoms with van der Waals surface area (Å²) >= 11 is 5.12. The van der Waals surface area contributed by atoms with Gasteiger partial charge >= 0.3 is 0 Å². The normalized spacial score (nSPS) is 14.8. The van der Waals surface area contributed by atoms with Crippen LogP contribution in [0.3, 0.4) is 0 Å². The van der Waals surface area contributed by atoms with Crippen molar-refractivity contribution in [3.8, 4) is 0 Å². The van der Waals surface area contributed by atoms with Gasteiger partial charge in [0.1, 0.15) is 0 Å². The van der Waals surface area contributed by atoms with E-state index in [9.17, 15) is 5.11 Å². The van der Waals surface area contributed by atoms with Gasteiger partial charge in [-0.15, -0.1) is 11.8 Å². The van der Waals surface area contributed by atoms with Gasteiger partial charge < -0.3 is 10.2 Å². The number of aliphatic hydroxyl groups excluding tert-OH is 2. The van der Waals surface area contributed by atoms with E-state index in [1.54, 1.807) is 18.7 Å². The topological polar surface area (TPSA) is 40.5 Å². The molecule has 0 saturated heterocycles. The Bertz CT molecular complexity index is 342. The van der Waals surface area contributed by atoms with E-state index in [4.69, 9.17) is 5.11 Å². The van der Waals surface area contributed by atoms with Gasteiger partial charge in [-0.1, -0.05) is 28.9 Å². The van der Waals surface area contributed by atoms with Gasteiger partial charge in [0.25, 0.3) is 0 Å². The molecule has 16 heavy (non-hydrogen) atoms. The fourth-order valence-corrected chi connectivity index (χ4v) is 3.15. The van der Waals surface area contributed by atoms with Crippen LogP contribution in [0.1, 0.15) is 31.9 Å². The molecule has 2 N–H and O–H groups in total. The molecule has 1 rings (SSSR count). The van der Waals surface area contributed by atoms with E-state index in [0.29, 0.717) is 5.25 Å². The first kappa shape index (κ1) is 14.0. The molecule has 0 aromatic heterocycles. The third-order valence-corrected chi connectivity index (χ3v) is 4.03. The largest absolute Gasteiger partial charge is 0.396 e. The van der Waals surface area contributed by atoms with Crippen molar-refractivity contribution in [2.45, 2.75) is 36.5 Å². The zero-order valence-electron chi connectivity index (χ0n) is 9.48. The maximum absolute atomic E-state index is 9.66. The van der Waals surface area contributed by atoms with Crippen LogP contribution in [-0.2, 0) is 0 Å². The molecule has 0 saturated carbocycles. The van der Waals surface area contributed by atoms with Crippen molar-refractivity contribution in [1.29, 1.82) is 0 Å². The second-order valence-corrected chi connectivity index (χ2v) is 6.19. The molecule has 4 heteroatoms. The molecular formula is C12H17BrO2S. The minimum atomic E-state index is -0.461. The highest BCUT2D eigenvalue weighted by Crippen LogP contribution is 2.33. The molecule has 0 aliphatic carbocycles. The number of hydrogen-bond acceptors (Lipinski definition) is 3. The molecule has 2 unspecified atom stereocenters. The first-order valence-corrected chi connectivity index (χ1v) is 6.97. The van der Waals surface area contributed by atoms with E-state index >= 15 is 0 Å². The quantitative estimate of drug-likeness (QED) is 0.820. The lowest BCUT2D eigenvalue weighted by Crippen LogP contribution is -2.01. The van der Waals surface area contributed by atoms with Gasteiger partial charge in [-0.3, -0.25) is 0 Å². The summed E-state index contributed by atoms with van der Waals surface area (Å²) in [7, 11) is 0. The Morgan fingerprint density at radius 2 is 2.06 bits per heavy atom. The maximum Gasteiger partial charge on any atom is 0.0772 e. The Morgan fingerprint density at radius 3 is 2.62 bits per heavy atom. The Hall–Kier alpha value is -0.0300. The second kappa shape index (κ2) is 6.64. The van der Waals surface area contributed by atoms with Crippen molar-refractivity contribution in [3.63, 3.8) is 0 Å². The zero-order chi connectivity index (χ0) is 12.1. The van der Waals surface area contributed by atoms with Crippen molar-refractivity contribution in [3.05, 3.63) is 28.2 Å². The first-order chi connectivity index (χ1) is 7.54. The standard InChI is InChI=1S/C12H17BrO2S/c1-8(5-6-14)16-12-7-10(13)3-4-11(12)9(2)15/h3-4,7-9,14-15H,5-6H2,1-2H3. The number of thioether (sulfide) groups is 1. The molecule has 0 radical (unpaired) electrons. The summed E-state index contributed by atoms with van der Waals surface area (Å²) in [5.41, 5.74) is 0.943. The van der Waals surface area contributed by atoms with E-state index in [1.165, 1.54) is 0 Å². The van der Waals surface area contributed by atoms with Crippen LogP contribution in [-0.4, -0.2) is 22.1 Å². The molecular weight excluding hydrogens is 288 g/mol. The average Bonchev–Trinajstić information content (AvgIpc) is 2.17. The molecule has 0 aliphatic heterocycles. The van der Waals surface area contributed by atoms with Crippen LogP contribution in [0, 0.1) is 0 Å². The minimum Gasteiger partial charge on any atom is -0.396 e. The predicted molar refractivity (Wildman–Crippen MR) is 71.8 cm³/mol. The molecule has 0 heterocycles. The number of hydrogen-bond donors (Lipinski definition) is 2. The lowest BCUT2D eigenvalue weighted by Gasteiger charge is -2.15. The highest BCUT2D eigenvalue weighted by atomic mass is 79.9. The highest BCUT2D eigenvalue weighted by molar-refractivity contribution is 9.10. The molecule has 1 aromatic carbocycles. The Labute approximate surface area is 109 Å². The third kappa shape index (κ3) is 4.09. The SMILES string of the molecule is CC(CCO)Sc1cc(Br)ccc1C(C)O. The van der Waals surface area contributed by atoms with Crippen molar-refractivity contribution in [1.82, 2.24) is 0 Å². The third-order valence-electron chi connectivity index (χ3n) is 2.29. The van der Waals surface area contributed by atoms with Gasteiger partial charge in [-0.05, 0) is 31.0 Å². The smallest absolute Gasteiger partial charge is 0.0772 e. The number of rotatable bonds is 5. The number of benzene rings is 1. The van der Waals surface area contributed by atoms with Crippen LogP contribution in [0.2, 0.25) is 0 Å². The molecule has 2 atom stereocenters. The molecule has 0 bridgehead atoms. The Kier molecular flexibility index (Phi) is 5.83. The molecule has 1 aromatic rings. The van der Waals surface area contributed by atoms with Crippen molar-refractivity contribution >= 4 is 27.7 Å². The van der Waals surface area contributed by atoms with Crippen LogP contribution in [0.4, 0.5) is 0 Å². The summed E-state index contributed by atoms with van der Waals surface area (Å²) < 4.78 is 1.01. The van der Waals surface area contributed by atoms with Crippen LogP contribution in [0.25, 0.3) is 0 Å². The second-order valence-electron chi connectivity index (χ2n) is 3.80. The Balaban J connectivity index is 2.87. The molecule has 90 valence electrons. The molecule has 2 nitrogen and oxygen atoms in total. The average molecular weight is 305 g/mol. The van der Waals surface area contributed by atoms with Gasteiger partial charge in [0.15, 0.2) is 0 Å². The van der Waals surface area contributed by atoms with E-state index in [2.05, 4.69) is 22.9 Å². The molecule has 0 aliphatic rings. The van der Waals surface area contributed by atoms with Gasteiger partial charge in [0, 0.05) is 21.2 Å². The maximum atomic E-state index is 9.66. The monoisotopic (exact) mass is 304 g/mol.